The van der Waals surface area contributed by atoms with Gasteiger partial charge in [0.05, 0.1) is 12.5 Å². The number of allylic oxidation sites excluding steroid dienone is 4. The van der Waals surface area contributed by atoms with Gasteiger partial charge in [-0.05, 0) is 50.2 Å². The number of piperazine rings is 1. The molecule has 1 aromatic rings. The number of hydrogen-bond acceptors (Lipinski definition) is 5. The first-order valence-corrected chi connectivity index (χ1v) is 10.7. The van der Waals surface area contributed by atoms with Crippen LogP contribution in [-0.2, 0) is 14.3 Å². The lowest BCUT2D eigenvalue weighted by atomic mass is 9.91. The third-order valence-electron chi connectivity index (χ3n) is 5.57. The molecule has 0 aliphatic carbocycles. The van der Waals surface area contributed by atoms with Crippen LogP contribution in [0.25, 0.3) is 0 Å². The quantitative estimate of drug-likeness (QED) is 0.708. The third kappa shape index (κ3) is 6.04. The van der Waals surface area contributed by atoms with Gasteiger partial charge in [0.15, 0.2) is 0 Å². The van der Waals surface area contributed by atoms with Gasteiger partial charge < -0.3 is 15.4 Å². The van der Waals surface area contributed by atoms with Crippen LogP contribution >= 0.6 is 0 Å². The Morgan fingerprint density at radius 3 is 2.90 bits per heavy atom. The Labute approximate surface area is 182 Å². The van der Waals surface area contributed by atoms with E-state index in [1.165, 1.54) is 12.1 Å². The number of benzene rings is 1. The summed E-state index contributed by atoms with van der Waals surface area (Å²) in [6.07, 6.45) is 10.0. The van der Waals surface area contributed by atoms with Crippen molar-refractivity contribution < 1.29 is 18.7 Å². The van der Waals surface area contributed by atoms with Gasteiger partial charge >= 0.3 is 5.97 Å². The van der Waals surface area contributed by atoms with E-state index in [1.54, 1.807) is 19.1 Å². The molecule has 3 atom stereocenters. The van der Waals surface area contributed by atoms with E-state index >= 15 is 0 Å². The zero-order valence-electron chi connectivity index (χ0n) is 18.0. The van der Waals surface area contributed by atoms with E-state index in [0.29, 0.717) is 38.2 Å². The molecule has 1 amide bonds. The highest BCUT2D eigenvalue weighted by molar-refractivity contribution is 5.84. The summed E-state index contributed by atoms with van der Waals surface area (Å²) in [7, 11) is 0. The smallest absolute Gasteiger partial charge is 0.311 e. The van der Waals surface area contributed by atoms with Gasteiger partial charge in [0, 0.05) is 25.7 Å². The van der Waals surface area contributed by atoms with Gasteiger partial charge in [-0.1, -0.05) is 35.9 Å². The summed E-state index contributed by atoms with van der Waals surface area (Å²) < 4.78 is 19.1. The molecule has 1 saturated heterocycles. The van der Waals surface area contributed by atoms with Crippen molar-refractivity contribution in [1.82, 2.24) is 15.5 Å². The van der Waals surface area contributed by atoms with Crippen molar-refractivity contribution in [2.45, 2.75) is 32.4 Å². The lowest BCUT2D eigenvalue weighted by molar-refractivity contribution is -0.148. The summed E-state index contributed by atoms with van der Waals surface area (Å²) in [4.78, 5) is 27.4. The average molecular weight is 428 g/mol. The van der Waals surface area contributed by atoms with E-state index in [0.717, 1.165) is 5.57 Å². The minimum Gasteiger partial charge on any atom is -0.466 e. The summed E-state index contributed by atoms with van der Waals surface area (Å²) in [6.45, 7) is 5.72. The maximum absolute atomic E-state index is 13.8. The minimum absolute atomic E-state index is 0.117. The minimum atomic E-state index is -0.582. The third-order valence-corrected chi connectivity index (χ3v) is 5.57. The van der Waals surface area contributed by atoms with Crippen LogP contribution < -0.4 is 10.6 Å². The Morgan fingerprint density at radius 2 is 2.13 bits per heavy atom. The molecule has 3 unspecified atom stereocenters. The number of nitrogens with zero attached hydrogens (tertiary/aromatic N) is 1. The van der Waals surface area contributed by atoms with Crippen molar-refractivity contribution in [1.29, 1.82) is 0 Å². The molecule has 0 saturated carbocycles. The number of amides is 1. The molecule has 0 bridgehead atoms. The lowest BCUT2D eigenvalue weighted by Crippen LogP contribution is -2.50. The maximum atomic E-state index is 13.8. The average Bonchev–Trinajstić information content (AvgIpc) is 2.74. The van der Waals surface area contributed by atoms with Gasteiger partial charge in [-0.25, -0.2) is 4.39 Å². The molecule has 2 heterocycles. The van der Waals surface area contributed by atoms with Crippen molar-refractivity contribution in [2.24, 2.45) is 5.92 Å². The number of esters is 1. The zero-order valence-corrected chi connectivity index (χ0v) is 18.0. The van der Waals surface area contributed by atoms with Gasteiger partial charge in [-0.15, -0.1) is 0 Å². The molecule has 1 fully saturated rings. The van der Waals surface area contributed by atoms with Crippen molar-refractivity contribution in [2.75, 3.05) is 26.2 Å². The molecule has 7 heteroatoms. The molecular weight excluding hydrogens is 397 g/mol. The molecule has 0 spiro atoms. The van der Waals surface area contributed by atoms with E-state index in [4.69, 9.17) is 4.74 Å². The van der Waals surface area contributed by atoms with Crippen LogP contribution in [0.15, 0.2) is 60.3 Å². The first kappa shape index (κ1) is 22.7. The number of nitrogens with one attached hydrogen (secondary N) is 2. The lowest BCUT2D eigenvalue weighted by Gasteiger charge is -2.36. The highest BCUT2D eigenvalue weighted by Gasteiger charge is 2.33. The highest BCUT2D eigenvalue weighted by atomic mass is 19.1. The Balaban J connectivity index is 1.87. The van der Waals surface area contributed by atoms with Gasteiger partial charge in [-0.3, -0.25) is 14.5 Å². The van der Waals surface area contributed by atoms with Crippen LogP contribution in [0.4, 0.5) is 4.39 Å². The largest absolute Gasteiger partial charge is 0.466 e. The Hall–Kier alpha value is -2.93. The van der Waals surface area contributed by atoms with Gasteiger partial charge in [-0.2, -0.15) is 0 Å². The number of carbonyl (C=O) groups is 2. The van der Waals surface area contributed by atoms with E-state index in [1.807, 2.05) is 42.3 Å². The number of halogens is 1. The van der Waals surface area contributed by atoms with Crippen LogP contribution in [0.1, 0.15) is 31.9 Å². The van der Waals surface area contributed by atoms with Crippen LogP contribution in [0.5, 0.6) is 0 Å². The monoisotopic (exact) mass is 427 g/mol. The molecule has 31 heavy (non-hydrogen) atoms. The number of carbonyl (C=O) groups excluding carboxylic acids is 2. The van der Waals surface area contributed by atoms with E-state index in [2.05, 4.69) is 10.6 Å². The van der Waals surface area contributed by atoms with Crippen LogP contribution in [0, 0.1) is 11.7 Å². The molecule has 3 rings (SSSR count). The van der Waals surface area contributed by atoms with E-state index in [-0.39, 0.29) is 29.7 Å². The summed E-state index contributed by atoms with van der Waals surface area (Å²) in [5, 5.41) is 6.11. The second kappa shape index (κ2) is 10.9. The first-order chi connectivity index (χ1) is 15.0. The molecule has 0 aromatic heterocycles. The van der Waals surface area contributed by atoms with Crippen LogP contribution in [0.3, 0.4) is 0 Å². The molecule has 2 aliphatic heterocycles. The Morgan fingerprint density at radius 1 is 1.29 bits per heavy atom. The SMILES string of the molecule is CCOC(=O)C1C/C(CN2CCNC(=O)C2c2cccc(F)c2)=C/C=C\C=C/NC1C. The fourth-order valence-corrected chi connectivity index (χ4v) is 4.00. The van der Waals surface area contributed by atoms with E-state index < -0.39 is 6.04 Å². The van der Waals surface area contributed by atoms with Crippen molar-refractivity contribution in [3.8, 4) is 0 Å². The molecule has 1 aromatic carbocycles. The first-order valence-electron chi connectivity index (χ1n) is 10.7. The predicted molar refractivity (Wildman–Crippen MR) is 117 cm³/mol. The van der Waals surface area contributed by atoms with Gasteiger partial charge in [0.1, 0.15) is 11.9 Å². The summed E-state index contributed by atoms with van der Waals surface area (Å²) in [5.41, 5.74) is 1.63. The number of rotatable bonds is 5. The van der Waals surface area contributed by atoms with Gasteiger partial charge in [0.25, 0.3) is 0 Å². The normalized spacial score (nSPS) is 28.4. The predicted octanol–water partition coefficient (Wildman–Crippen LogP) is 2.86. The summed E-state index contributed by atoms with van der Waals surface area (Å²) >= 11 is 0. The zero-order chi connectivity index (χ0) is 22.2. The standard InChI is InChI=1S/C24H30FN3O3/c1-3-31-24(30)21-14-18(8-5-4-6-11-26-17(21)2)16-28-13-12-27-23(29)22(28)19-9-7-10-20(25)15-19/h4-11,15,17,21-22,26H,3,12-14,16H2,1-2H3,(H,27,29)/b5-4-,11-6-,18-8-. The molecule has 6 nitrogen and oxygen atoms in total. The fraction of sp³-hybridized carbons (Fsp3) is 0.417. The summed E-state index contributed by atoms with van der Waals surface area (Å²) in [5.74, 6) is -1.13. The molecule has 166 valence electrons. The molecule has 2 N–H and O–H groups in total. The highest BCUT2D eigenvalue weighted by Crippen LogP contribution is 2.27. The molecular formula is C24H30FN3O3. The molecule has 2 aliphatic rings. The number of hydrogen-bond donors (Lipinski definition) is 2. The second-order valence-corrected chi connectivity index (χ2v) is 7.81. The molecule has 0 radical (unpaired) electrons. The van der Waals surface area contributed by atoms with Crippen molar-refractivity contribution in [3.05, 3.63) is 71.7 Å². The topological polar surface area (TPSA) is 70.7 Å². The maximum Gasteiger partial charge on any atom is 0.311 e. The number of ether oxygens (including phenoxy) is 1. The fourth-order valence-electron chi connectivity index (χ4n) is 4.00. The van der Waals surface area contributed by atoms with Crippen molar-refractivity contribution >= 4 is 11.9 Å². The Kier molecular flexibility index (Phi) is 8.00. The van der Waals surface area contributed by atoms with Crippen LogP contribution in [-0.4, -0.2) is 49.1 Å². The van der Waals surface area contributed by atoms with Crippen LogP contribution in [0.2, 0.25) is 0 Å². The summed E-state index contributed by atoms with van der Waals surface area (Å²) in [6, 6.07) is 5.46. The second-order valence-electron chi connectivity index (χ2n) is 7.81. The van der Waals surface area contributed by atoms with E-state index in [9.17, 15) is 14.0 Å². The Bertz CT molecular complexity index is 881. The van der Waals surface area contributed by atoms with Gasteiger partial charge in [0.2, 0.25) is 5.91 Å². The van der Waals surface area contributed by atoms with Crippen molar-refractivity contribution in [3.63, 3.8) is 0 Å².